The topological polar surface area (TPSA) is 0 Å². The van der Waals surface area contributed by atoms with E-state index >= 15 is 0 Å². The van der Waals surface area contributed by atoms with Crippen molar-refractivity contribution in [3.05, 3.63) is 120 Å². The summed E-state index contributed by atoms with van der Waals surface area (Å²) in [5.74, 6) is 0. The van der Waals surface area contributed by atoms with Crippen molar-refractivity contribution in [1.82, 2.24) is 0 Å². The molecule has 0 aromatic heterocycles. The Bertz CT molecular complexity index is 1080. The molecule has 0 saturated carbocycles. The highest BCUT2D eigenvalue weighted by molar-refractivity contribution is 7.55. The zero-order chi connectivity index (χ0) is 20.3. The fourth-order valence-electron chi connectivity index (χ4n) is 3.72. The van der Waals surface area contributed by atoms with E-state index in [9.17, 15) is 0 Å². The molecule has 1 heteroatoms. The van der Waals surface area contributed by atoms with E-state index in [1.807, 2.05) is 0 Å². The molecule has 144 valence electrons. The first-order chi connectivity index (χ1) is 14.0. The van der Waals surface area contributed by atoms with Gasteiger partial charge < -0.3 is 0 Å². The molecule has 0 aliphatic carbocycles. The molecule has 0 N–H and O–H groups in total. The van der Waals surface area contributed by atoms with Crippen LogP contribution in [0.2, 0.25) is 0 Å². The lowest BCUT2D eigenvalue weighted by Crippen LogP contribution is -2.19. The lowest BCUT2D eigenvalue weighted by Gasteiger charge is -2.26. The van der Waals surface area contributed by atoms with Crippen LogP contribution in [0.3, 0.4) is 0 Å². The Morgan fingerprint density at radius 1 is 0.586 bits per heavy atom. The molecular formula is C28H27P. The Hall–Kier alpha value is -2.69. The van der Waals surface area contributed by atoms with Gasteiger partial charge in [0, 0.05) is 5.41 Å². The third-order valence-electron chi connectivity index (χ3n) is 5.67. The average Bonchev–Trinajstić information content (AvgIpc) is 2.75. The second-order valence-electron chi connectivity index (χ2n) is 8.10. The molecule has 0 aliphatic rings. The summed E-state index contributed by atoms with van der Waals surface area (Å²) < 4.78 is 0. The molecule has 4 rings (SSSR count). The summed E-state index contributed by atoms with van der Waals surface area (Å²) in [5, 5.41) is 2.76. The summed E-state index contributed by atoms with van der Waals surface area (Å²) in [5.41, 5.74) is 6.62. The normalized spacial score (nSPS) is 11.8. The first kappa shape index (κ1) is 19.6. The summed E-state index contributed by atoms with van der Waals surface area (Å²) in [6.45, 7) is 6.75. The van der Waals surface area contributed by atoms with Crippen molar-refractivity contribution in [2.24, 2.45) is 0 Å². The largest absolute Gasteiger partial charge is 0.0622 e. The molecule has 1 atom stereocenters. The maximum atomic E-state index is 2.31. The molecule has 0 heterocycles. The van der Waals surface area contributed by atoms with Gasteiger partial charge in [0.1, 0.15) is 0 Å². The van der Waals surface area contributed by atoms with Crippen LogP contribution in [0.15, 0.2) is 103 Å². The zero-order valence-electron chi connectivity index (χ0n) is 17.3. The van der Waals surface area contributed by atoms with E-state index in [1.54, 1.807) is 0 Å². The van der Waals surface area contributed by atoms with Crippen molar-refractivity contribution in [2.45, 2.75) is 26.2 Å². The van der Waals surface area contributed by atoms with Gasteiger partial charge >= 0.3 is 0 Å². The summed E-state index contributed by atoms with van der Waals surface area (Å²) in [4.78, 5) is 0. The van der Waals surface area contributed by atoms with E-state index in [1.165, 1.54) is 38.4 Å². The second-order valence-corrected chi connectivity index (χ2v) is 9.47. The summed E-state index contributed by atoms with van der Waals surface area (Å²) >= 11 is 0. The van der Waals surface area contributed by atoms with E-state index in [0.717, 1.165) is 0 Å². The van der Waals surface area contributed by atoms with Crippen LogP contribution in [0.25, 0.3) is 11.1 Å². The van der Waals surface area contributed by atoms with Gasteiger partial charge in [0.05, 0.1) is 0 Å². The minimum Gasteiger partial charge on any atom is -0.0622 e. The predicted molar refractivity (Wildman–Crippen MR) is 129 cm³/mol. The molecule has 4 aromatic rings. The molecular weight excluding hydrogens is 367 g/mol. The van der Waals surface area contributed by atoms with Crippen LogP contribution < -0.4 is 10.6 Å². The van der Waals surface area contributed by atoms with E-state index < -0.39 is 0 Å². The maximum Gasteiger partial charge on any atom is 0.0146 e. The van der Waals surface area contributed by atoms with Gasteiger partial charge in [0.25, 0.3) is 0 Å². The van der Waals surface area contributed by atoms with Gasteiger partial charge in [-0.2, -0.15) is 0 Å². The van der Waals surface area contributed by atoms with Gasteiger partial charge in [0.2, 0.25) is 0 Å². The zero-order valence-corrected chi connectivity index (χ0v) is 18.3. The van der Waals surface area contributed by atoms with Gasteiger partial charge in [-0.15, -0.1) is 0 Å². The molecule has 0 nitrogen and oxygen atoms in total. The molecule has 0 spiro atoms. The van der Waals surface area contributed by atoms with E-state index in [2.05, 4.69) is 124 Å². The molecule has 4 aromatic carbocycles. The first-order valence-corrected chi connectivity index (χ1v) is 11.1. The molecule has 0 amide bonds. The van der Waals surface area contributed by atoms with Crippen LogP contribution in [0, 0.1) is 6.92 Å². The van der Waals surface area contributed by atoms with Crippen molar-refractivity contribution in [1.29, 1.82) is 0 Å². The smallest absolute Gasteiger partial charge is 0.0146 e. The van der Waals surface area contributed by atoms with E-state index in [-0.39, 0.29) is 5.41 Å². The van der Waals surface area contributed by atoms with Gasteiger partial charge in [0.15, 0.2) is 0 Å². The van der Waals surface area contributed by atoms with Crippen LogP contribution >= 0.6 is 8.58 Å². The van der Waals surface area contributed by atoms with Crippen LogP contribution in [0.1, 0.15) is 30.5 Å². The Balaban J connectivity index is 1.59. The van der Waals surface area contributed by atoms with Crippen LogP contribution in [0.4, 0.5) is 0 Å². The van der Waals surface area contributed by atoms with Crippen molar-refractivity contribution in [3.8, 4) is 11.1 Å². The van der Waals surface area contributed by atoms with Crippen LogP contribution in [-0.4, -0.2) is 0 Å². The average molecular weight is 394 g/mol. The Morgan fingerprint density at radius 2 is 1.14 bits per heavy atom. The SMILES string of the molecule is Cc1ccc(C(C)(C)c2ccc(Pc3ccccc3-c3ccccc3)cc2)cc1. The van der Waals surface area contributed by atoms with Crippen LogP contribution in [-0.2, 0) is 5.41 Å². The molecule has 0 bridgehead atoms. The van der Waals surface area contributed by atoms with E-state index in [0.29, 0.717) is 8.58 Å². The lowest BCUT2D eigenvalue weighted by molar-refractivity contribution is 0.641. The second kappa shape index (κ2) is 8.36. The lowest BCUT2D eigenvalue weighted by atomic mass is 9.78. The number of aryl methyl sites for hydroxylation is 1. The molecule has 0 saturated heterocycles. The Labute approximate surface area is 176 Å². The highest BCUT2D eigenvalue weighted by atomic mass is 31.1. The Morgan fingerprint density at radius 3 is 1.79 bits per heavy atom. The third kappa shape index (κ3) is 4.34. The summed E-state index contributed by atoms with van der Waals surface area (Å²) in [7, 11) is 0.646. The fraction of sp³-hybridized carbons (Fsp3) is 0.143. The molecule has 0 fully saturated rings. The number of hydrogen-bond donors (Lipinski definition) is 0. The third-order valence-corrected chi connectivity index (χ3v) is 7.00. The molecule has 0 aliphatic heterocycles. The minimum absolute atomic E-state index is 0.00269. The Kier molecular flexibility index (Phi) is 5.65. The molecule has 0 radical (unpaired) electrons. The van der Waals surface area contributed by atoms with Crippen molar-refractivity contribution >= 4 is 19.2 Å². The summed E-state index contributed by atoms with van der Waals surface area (Å²) in [6.07, 6.45) is 0. The van der Waals surface area contributed by atoms with Crippen molar-refractivity contribution in [3.63, 3.8) is 0 Å². The number of benzene rings is 4. The molecule has 29 heavy (non-hydrogen) atoms. The number of rotatable bonds is 5. The van der Waals surface area contributed by atoms with E-state index in [4.69, 9.17) is 0 Å². The minimum atomic E-state index is -0.00269. The van der Waals surface area contributed by atoms with Crippen molar-refractivity contribution < 1.29 is 0 Å². The van der Waals surface area contributed by atoms with Crippen molar-refractivity contribution in [2.75, 3.05) is 0 Å². The number of hydrogen-bond acceptors (Lipinski definition) is 0. The monoisotopic (exact) mass is 394 g/mol. The van der Waals surface area contributed by atoms with Gasteiger partial charge in [-0.1, -0.05) is 131 Å². The first-order valence-electron chi connectivity index (χ1n) is 10.1. The highest BCUT2D eigenvalue weighted by Gasteiger charge is 2.22. The van der Waals surface area contributed by atoms with Crippen LogP contribution in [0.5, 0.6) is 0 Å². The fourth-order valence-corrected chi connectivity index (χ4v) is 4.91. The van der Waals surface area contributed by atoms with Gasteiger partial charge in [-0.25, -0.2) is 0 Å². The maximum absolute atomic E-state index is 2.31. The highest BCUT2D eigenvalue weighted by Crippen LogP contribution is 2.32. The van der Waals surface area contributed by atoms with Gasteiger partial charge in [-0.05, 0) is 39.8 Å². The standard InChI is InChI=1S/C28H27P/c1-21-13-15-23(16-14-21)28(2,3)24-17-19-25(20-18-24)29-27-12-8-7-11-26(27)22-9-5-4-6-10-22/h4-20,29H,1-3H3. The summed E-state index contributed by atoms with van der Waals surface area (Å²) in [6, 6.07) is 37.5. The predicted octanol–water partition coefficient (Wildman–Crippen LogP) is 6.62. The molecule has 1 unspecified atom stereocenters. The quantitative estimate of drug-likeness (QED) is 0.334. The van der Waals surface area contributed by atoms with Gasteiger partial charge in [-0.3, -0.25) is 0 Å².